The summed E-state index contributed by atoms with van der Waals surface area (Å²) in [5, 5.41) is 0.187. The summed E-state index contributed by atoms with van der Waals surface area (Å²) in [4.78, 5) is 11.9. The normalized spacial score (nSPS) is 10.3. The Labute approximate surface area is 99.7 Å². The van der Waals surface area contributed by atoms with E-state index >= 15 is 0 Å². The largest absolute Gasteiger partial charge is 0.383 e. The lowest BCUT2D eigenvalue weighted by molar-refractivity contribution is 1.17. The molecule has 0 aliphatic rings. The van der Waals surface area contributed by atoms with Crippen LogP contribution in [0.25, 0.3) is 11.3 Å². The van der Waals surface area contributed by atoms with Crippen LogP contribution in [-0.2, 0) is 0 Å². The molecule has 0 saturated heterocycles. The fraction of sp³-hybridized carbons (Fsp3) is 0. The molecule has 0 aliphatic heterocycles. The van der Waals surface area contributed by atoms with Gasteiger partial charge in [0.25, 0.3) is 0 Å². The van der Waals surface area contributed by atoms with E-state index in [1.54, 1.807) is 18.5 Å². The van der Waals surface area contributed by atoms with Crippen molar-refractivity contribution >= 4 is 33.3 Å². The highest BCUT2D eigenvalue weighted by Crippen LogP contribution is 2.25. The number of hydrogen-bond donors (Lipinski definition) is 1. The quantitative estimate of drug-likeness (QED) is 0.818. The fourth-order valence-electron chi connectivity index (χ4n) is 1.14. The Morgan fingerprint density at radius 2 is 2.13 bits per heavy atom. The highest BCUT2D eigenvalue weighted by Gasteiger charge is 2.06. The maximum Gasteiger partial charge on any atom is 0.222 e. The predicted molar refractivity (Wildman–Crippen MR) is 62.4 cm³/mol. The van der Waals surface area contributed by atoms with Gasteiger partial charge >= 0.3 is 0 Å². The van der Waals surface area contributed by atoms with E-state index in [0.29, 0.717) is 11.5 Å². The van der Waals surface area contributed by atoms with E-state index in [2.05, 4.69) is 30.9 Å². The molecule has 0 spiro atoms. The van der Waals surface area contributed by atoms with Gasteiger partial charge in [-0.15, -0.1) is 0 Å². The molecule has 15 heavy (non-hydrogen) atoms. The summed E-state index contributed by atoms with van der Waals surface area (Å²) < 4.78 is 0.835. The van der Waals surface area contributed by atoms with Gasteiger partial charge in [0.1, 0.15) is 5.82 Å². The van der Waals surface area contributed by atoms with Crippen LogP contribution in [0.15, 0.2) is 29.0 Å². The third-order valence-corrected chi connectivity index (χ3v) is 2.40. The van der Waals surface area contributed by atoms with Crippen molar-refractivity contribution in [2.45, 2.75) is 0 Å². The maximum atomic E-state index is 5.74. The summed E-state index contributed by atoms with van der Waals surface area (Å²) in [6, 6.07) is 3.56. The van der Waals surface area contributed by atoms with Crippen LogP contribution in [0.4, 0.5) is 5.82 Å². The van der Waals surface area contributed by atoms with Crippen LogP contribution in [0.2, 0.25) is 5.28 Å². The van der Waals surface area contributed by atoms with E-state index in [4.69, 9.17) is 17.3 Å². The van der Waals surface area contributed by atoms with Gasteiger partial charge < -0.3 is 5.73 Å². The molecule has 0 atom stereocenters. The monoisotopic (exact) mass is 284 g/mol. The molecule has 0 amide bonds. The van der Waals surface area contributed by atoms with E-state index in [-0.39, 0.29) is 5.28 Å². The molecule has 6 heteroatoms. The lowest BCUT2D eigenvalue weighted by Crippen LogP contribution is -1.95. The predicted octanol–water partition coefficient (Wildman–Crippen LogP) is 2.54. The van der Waals surface area contributed by atoms with E-state index in [1.165, 1.54) is 0 Å². The van der Waals surface area contributed by atoms with Gasteiger partial charge in [-0.2, -0.15) is 0 Å². The number of hydrogen-bond acceptors (Lipinski definition) is 4. The Hall–Kier alpha value is -1.20. The lowest BCUT2D eigenvalue weighted by atomic mass is 10.2. The molecule has 0 unspecified atom stereocenters. The van der Waals surface area contributed by atoms with Gasteiger partial charge in [0.15, 0.2) is 0 Å². The molecule has 2 aromatic heterocycles. The minimum atomic E-state index is 0.187. The number of nitrogens with zero attached hydrogens (tertiary/aromatic N) is 3. The topological polar surface area (TPSA) is 64.7 Å². The van der Waals surface area contributed by atoms with Crippen molar-refractivity contribution in [1.29, 1.82) is 0 Å². The minimum absolute atomic E-state index is 0.187. The molecule has 76 valence electrons. The molecule has 0 aromatic carbocycles. The first kappa shape index (κ1) is 10.3. The second-order valence-corrected chi connectivity index (χ2v) is 4.05. The van der Waals surface area contributed by atoms with Crippen LogP contribution >= 0.6 is 27.5 Å². The molecule has 0 aliphatic carbocycles. The van der Waals surface area contributed by atoms with E-state index in [0.717, 1.165) is 10.0 Å². The molecule has 4 nitrogen and oxygen atoms in total. The van der Waals surface area contributed by atoms with Gasteiger partial charge in [0.2, 0.25) is 5.28 Å². The van der Waals surface area contributed by atoms with Gasteiger partial charge in [0.05, 0.1) is 5.69 Å². The summed E-state index contributed by atoms with van der Waals surface area (Å²) in [5.41, 5.74) is 7.12. The lowest BCUT2D eigenvalue weighted by Gasteiger charge is -2.04. The number of anilines is 1. The zero-order chi connectivity index (χ0) is 10.8. The van der Waals surface area contributed by atoms with Crippen molar-refractivity contribution in [3.05, 3.63) is 34.3 Å². The Bertz CT molecular complexity index is 503. The van der Waals surface area contributed by atoms with Crippen molar-refractivity contribution in [2.75, 3.05) is 5.73 Å². The first-order chi connectivity index (χ1) is 7.16. The first-order valence-corrected chi connectivity index (χ1v) is 5.24. The summed E-state index contributed by atoms with van der Waals surface area (Å²) in [6.45, 7) is 0. The van der Waals surface area contributed by atoms with Crippen LogP contribution in [0.1, 0.15) is 0 Å². The number of halogens is 2. The molecular formula is C9H6BrClN4. The summed E-state index contributed by atoms with van der Waals surface area (Å²) in [6.07, 6.45) is 3.20. The minimum Gasteiger partial charge on any atom is -0.383 e. The van der Waals surface area contributed by atoms with E-state index < -0.39 is 0 Å². The smallest absolute Gasteiger partial charge is 0.222 e. The second-order valence-electron chi connectivity index (χ2n) is 2.80. The molecule has 0 radical (unpaired) electrons. The Morgan fingerprint density at radius 1 is 1.33 bits per heavy atom. The van der Waals surface area contributed by atoms with Gasteiger partial charge in [-0.1, -0.05) is 0 Å². The standard InChI is InChI=1S/C9H6BrClN4/c10-5-3-6(8(12)14-4-5)7-1-2-13-9(11)15-7/h1-4H,(H2,12,14). The molecule has 2 aromatic rings. The van der Waals surface area contributed by atoms with Gasteiger partial charge in [-0.3, -0.25) is 0 Å². The molecule has 2 heterocycles. The highest BCUT2D eigenvalue weighted by molar-refractivity contribution is 9.10. The van der Waals surface area contributed by atoms with Crippen LogP contribution in [0.3, 0.4) is 0 Å². The van der Waals surface area contributed by atoms with E-state index in [1.807, 2.05) is 6.07 Å². The average molecular weight is 286 g/mol. The number of aromatic nitrogens is 3. The number of rotatable bonds is 1. The number of nitrogen functional groups attached to an aromatic ring is 1. The molecular weight excluding hydrogens is 279 g/mol. The third kappa shape index (κ3) is 2.24. The summed E-state index contributed by atoms with van der Waals surface area (Å²) in [7, 11) is 0. The molecule has 0 saturated carbocycles. The summed E-state index contributed by atoms with van der Waals surface area (Å²) >= 11 is 9.01. The molecule has 2 N–H and O–H groups in total. The third-order valence-electron chi connectivity index (χ3n) is 1.79. The van der Waals surface area contributed by atoms with Crippen LogP contribution in [0.5, 0.6) is 0 Å². The van der Waals surface area contributed by atoms with Crippen molar-refractivity contribution in [2.24, 2.45) is 0 Å². The maximum absolute atomic E-state index is 5.74. The Kier molecular flexibility index (Phi) is 2.83. The zero-order valence-electron chi connectivity index (χ0n) is 7.48. The second kappa shape index (κ2) is 4.12. The molecule has 0 bridgehead atoms. The zero-order valence-corrected chi connectivity index (χ0v) is 9.83. The summed E-state index contributed by atoms with van der Waals surface area (Å²) in [5.74, 6) is 0.410. The van der Waals surface area contributed by atoms with Crippen LogP contribution in [-0.4, -0.2) is 15.0 Å². The van der Waals surface area contributed by atoms with Crippen LogP contribution in [0, 0.1) is 0 Å². The molecule has 0 fully saturated rings. The SMILES string of the molecule is Nc1ncc(Br)cc1-c1ccnc(Cl)n1. The van der Waals surface area contributed by atoms with Gasteiger partial charge in [0, 0.05) is 22.4 Å². The van der Waals surface area contributed by atoms with Crippen molar-refractivity contribution in [3.8, 4) is 11.3 Å². The van der Waals surface area contributed by atoms with Crippen LogP contribution < -0.4 is 5.73 Å². The Morgan fingerprint density at radius 3 is 2.87 bits per heavy atom. The first-order valence-electron chi connectivity index (χ1n) is 4.07. The number of pyridine rings is 1. The van der Waals surface area contributed by atoms with E-state index in [9.17, 15) is 0 Å². The molecule has 2 rings (SSSR count). The highest BCUT2D eigenvalue weighted by atomic mass is 79.9. The fourth-order valence-corrected chi connectivity index (χ4v) is 1.62. The van der Waals surface area contributed by atoms with Gasteiger partial charge in [-0.25, -0.2) is 15.0 Å². The van der Waals surface area contributed by atoms with Crippen molar-refractivity contribution in [1.82, 2.24) is 15.0 Å². The van der Waals surface area contributed by atoms with Crippen molar-refractivity contribution in [3.63, 3.8) is 0 Å². The number of nitrogens with two attached hydrogens (primary N) is 1. The van der Waals surface area contributed by atoms with Gasteiger partial charge in [-0.05, 0) is 39.7 Å². The Balaban J connectivity index is 2.58. The van der Waals surface area contributed by atoms with Crippen molar-refractivity contribution < 1.29 is 0 Å². The average Bonchev–Trinajstić information content (AvgIpc) is 2.22.